The average Bonchev–Trinajstić information content (AvgIpc) is 3.29. The van der Waals surface area contributed by atoms with E-state index in [9.17, 15) is 18.8 Å². The van der Waals surface area contributed by atoms with Crippen LogP contribution in [0.1, 0.15) is 27.2 Å². The Morgan fingerprint density at radius 1 is 1.19 bits per heavy atom. The first kappa shape index (κ1) is 21.9. The van der Waals surface area contributed by atoms with E-state index in [1.807, 2.05) is 0 Å². The van der Waals surface area contributed by atoms with E-state index in [0.717, 1.165) is 28.3 Å². The number of hydrogen-bond acceptors (Lipinski definition) is 5. The van der Waals surface area contributed by atoms with Crippen molar-refractivity contribution in [1.82, 2.24) is 4.90 Å². The molecule has 4 rings (SSSR count). The van der Waals surface area contributed by atoms with Crippen LogP contribution < -0.4 is 0 Å². The zero-order valence-corrected chi connectivity index (χ0v) is 18.2. The lowest BCUT2D eigenvalue weighted by molar-refractivity contribution is -0.123. The Kier molecular flexibility index (Phi) is 5.90. The van der Waals surface area contributed by atoms with E-state index in [1.54, 1.807) is 31.2 Å². The Balaban J connectivity index is 1.55. The first-order valence-corrected chi connectivity index (χ1v) is 10.6. The molecule has 2 aromatic carbocycles. The molecule has 1 fully saturated rings. The molecule has 1 saturated heterocycles. The van der Waals surface area contributed by atoms with Crippen LogP contribution in [0.2, 0.25) is 5.02 Å². The van der Waals surface area contributed by atoms with E-state index >= 15 is 0 Å². The summed E-state index contributed by atoms with van der Waals surface area (Å²) in [4.78, 5) is 37.4. The molecule has 2 amide bonds. The molecule has 2 heterocycles. The summed E-state index contributed by atoms with van der Waals surface area (Å²) >= 11 is 6.79. The quantitative estimate of drug-likeness (QED) is 0.460. The van der Waals surface area contributed by atoms with E-state index in [4.69, 9.17) is 21.1 Å². The molecule has 6 nitrogen and oxygen atoms in total. The van der Waals surface area contributed by atoms with E-state index in [2.05, 4.69) is 0 Å². The predicted octanol–water partition coefficient (Wildman–Crippen LogP) is 5.98. The summed E-state index contributed by atoms with van der Waals surface area (Å²) in [6.45, 7) is 1.70. The third-order valence-electron chi connectivity index (χ3n) is 4.86. The van der Waals surface area contributed by atoms with Gasteiger partial charge < -0.3 is 9.52 Å². The van der Waals surface area contributed by atoms with Crippen LogP contribution in [0.15, 0.2) is 57.9 Å². The minimum Gasteiger partial charge on any atom is -0.478 e. The van der Waals surface area contributed by atoms with Crippen LogP contribution in [-0.2, 0) is 11.3 Å². The largest absolute Gasteiger partial charge is 0.478 e. The highest BCUT2D eigenvalue weighted by atomic mass is 35.5. The van der Waals surface area contributed by atoms with E-state index < -0.39 is 22.9 Å². The minimum atomic E-state index is -1.02. The number of rotatable bonds is 5. The van der Waals surface area contributed by atoms with Crippen LogP contribution in [-0.4, -0.2) is 27.1 Å². The number of hydrogen-bond donors (Lipinski definition) is 1. The summed E-state index contributed by atoms with van der Waals surface area (Å²) in [5.41, 5.74) is 2.07. The predicted molar refractivity (Wildman–Crippen MR) is 119 cm³/mol. The van der Waals surface area contributed by atoms with Gasteiger partial charge in [-0.1, -0.05) is 23.7 Å². The summed E-state index contributed by atoms with van der Waals surface area (Å²) in [7, 11) is 0. The molecule has 1 aliphatic heterocycles. The second-order valence-corrected chi connectivity index (χ2v) is 8.44. The number of furan rings is 1. The number of carbonyl (C=O) groups excluding carboxylic acids is 2. The number of aryl methyl sites for hydroxylation is 1. The van der Waals surface area contributed by atoms with Gasteiger partial charge >= 0.3 is 5.97 Å². The van der Waals surface area contributed by atoms with Crippen molar-refractivity contribution >= 4 is 46.6 Å². The number of imide groups is 1. The molecular formula is C23H15ClFNO5S. The van der Waals surface area contributed by atoms with Gasteiger partial charge in [-0.3, -0.25) is 14.5 Å². The summed E-state index contributed by atoms with van der Waals surface area (Å²) in [5.74, 6) is -1.15. The Bertz CT molecular complexity index is 1300. The van der Waals surface area contributed by atoms with Gasteiger partial charge in [-0.05, 0) is 66.2 Å². The second kappa shape index (κ2) is 8.64. The number of aromatic carboxylic acids is 1. The number of carbonyl (C=O) groups is 3. The fraction of sp³-hybridized carbons (Fsp3) is 0.0870. The van der Waals surface area contributed by atoms with Crippen molar-refractivity contribution < 1.29 is 28.3 Å². The Morgan fingerprint density at radius 2 is 1.97 bits per heavy atom. The van der Waals surface area contributed by atoms with Gasteiger partial charge in [0.25, 0.3) is 11.1 Å². The number of carboxylic acid groups (broad SMARTS) is 1. The maximum absolute atomic E-state index is 13.2. The molecular weight excluding hydrogens is 457 g/mol. The Hall–Kier alpha value is -3.36. The van der Waals surface area contributed by atoms with Crippen molar-refractivity contribution in [3.05, 3.63) is 86.7 Å². The van der Waals surface area contributed by atoms with Crippen LogP contribution in [0.4, 0.5) is 9.18 Å². The van der Waals surface area contributed by atoms with Crippen LogP contribution in [0, 0.1) is 12.7 Å². The molecule has 32 heavy (non-hydrogen) atoms. The molecule has 0 spiro atoms. The van der Waals surface area contributed by atoms with Crippen LogP contribution >= 0.6 is 23.4 Å². The number of halogens is 2. The molecule has 1 N–H and O–H groups in total. The van der Waals surface area contributed by atoms with Crippen molar-refractivity contribution in [2.75, 3.05) is 0 Å². The molecule has 3 aromatic rings. The van der Waals surface area contributed by atoms with Gasteiger partial charge in [-0.2, -0.15) is 0 Å². The molecule has 162 valence electrons. The van der Waals surface area contributed by atoms with Crippen molar-refractivity contribution in [1.29, 1.82) is 0 Å². The fourth-order valence-corrected chi connectivity index (χ4v) is 4.28. The smallest absolute Gasteiger partial charge is 0.335 e. The first-order valence-electron chi connectivity index (χ1n) is 9.36. The highest BCUT2D eigenvalue weighted by Crippen LogP contribution is 2.35. The molecule has 0 aliphatic carbocycles. The van der Waals surface area contributed by atoms with E-state index in [0.29, 0.717) is 22.6 Å². The normalized spacial score (nSPS) is 15.1. The monoisotopic (exact) mass is 471 g/mol. The highest BCUT2D eigenvalue weighted by Gasteiger charge is 2.35. The van der Waals surface area contributed by atoms with Gasteiger partial charge in [0.05, 0.1) is 17.0 Å². The summed E-state index contributed by atoms with van der Waals surface area (Å²) < 4.78 is 19.0. The summed E-state index contributed by atoms with van der Waals surface area (Å²) in [6.07, 6.45) is 1.47. The fourth-order valence-electron chi connectivity index (χ4n) is 3.23. The number of thioether (sulfide) groups is 1. The molecule has 0 saturated carbocycles. The second-order valence-electron chi connectivity index (χ2n) is 7.04. The minimum absolute atomic E-state index is 0.0698. The van der Waals surface area contributed by atoms with Crippen LogP contribution in [0.5, 0.6) is 0 Å². The standard InChI is InChI=1S/C23H15ClFNO5S/c1-12-8-13(22(28)29)3-6-17(12)19-7-5-16(31-19)10-20-21(27)26(23(30)32-20)11-14-2-4-15(25)9-18(14)24/h2-10H,11H2,1H3,(H,28,29)/b20-10-. The SMILES string of the molecule is Cc1cc(C(=O)O)ccc1-c1ccc(/C=C2\SC(=O)N(Cc3ccc(F)cc3Cl)C2=O)o1. The van der Waals surface area contributed by atoms with Gasteiger partial charge in [0.15, 0.2) is 0 Å². The van der Waals surface area contributed by atoms with Crippen molar-refractivity contribution in [3.8, 4) is 11.3 Å². The molecule has 0 atom stereocenters. The number of carboxylic acids is 1. The van der Waals surface area contributed by atoms with Gasteiger partial charge in [0, 0.05) is 16.7 Å². The number of benzene rings is 2. The summed E-state index contributed by atoms with van der Waals surface area (Å²) in [6, 6.07) is 11.8. The van der Waals surface area contributed by atoms with Gasteiger partial charge in [-0.25, -0.2) is 9.18 Å². The molecule has 0 bridgehead atoms. The van der Waals surface area contributed by atoms with Crippen molar-refractivity contribution in [2.45, 2.75) is 13.5 Å². The molecule has 1 aliphatic rings. The first-order chi connectivity index (χ1) is 15.2. The van der Waals surface area contributed by atoms with Crippen LogP contribution in [0.25, 0.3) is 17.4 Å². The maximum atomic E-state index is 13.2. The van der Waals surface area contributed by atoms with Crippen molar-refractivity contribution in [2.24, 2.45) is 0 Å². The summed E-state index contributed by atoms with van der Waals surface area (Å²) in [5, 5.41) is 8.77. The zero-order valence-electron chi connectivity index (χ0n) is 16.6. The lowest BCUT2D eigenvalue weighted by Gasteiger charge is -2.13. The third-order valence-corrected chi connectivity index (χ3v) is 6.12. The highest BCUT2D eigenvalue weighted by molar-refractivity contribution is 8.18. The third kappa shape index (κ3) is 4.32. The van der Waals surface area contributed by atoms with E-state index in [1.165, 1.54) is 24.3 Å². The molecule has 9 heteroatoms. The topological polar surface area (TPSA) is 87.8 Å². The molecule has 1 aromatic heterocycles. The Morgan fingerprint density at radius 3 is 2.66 bits per heavy atom. The number of nitrogens with zero attached hydrogens (tertiary/aromatic N) is 1. The average molecular weight is 472 g/mol. The van der Waals surface area contributed by atoms with Gasteiger partial charge in [0.2, 0.25) is 0 Å². The Labute approximate surface area is 191 Å². The zero-order chi connectivity index (χ0) is 23.0. The maximum Gasteiger partial charge on any atom is 0.335 e. The van der Waals surface area contributed by atoms with Crippen LogP contribution in [0.3, 0.4) is 0 Å². The van der Waals surface area contributed by atoms with Crippen molar-refractivity contribution in [3.63, 3.8) is 0 Å². The van der Waals surface area contributed by atoms with E-state index in [-0.39, 0.29) is 22.0 Å². The van der Waals surface area contributed by atoms with Gasteiger partial charge in [-0.15, -0.1) is 0 Å². The lowest BCUT2D eigenvalue weighted by Crippen LogP contribution is -2.27. The molecule has 0 radical (unpaired) electrons. The lowest BCUT2D eigenvalue weighted by atomic mass is 10.0. The number of amides is 2. The van der Waals surface area contributed by atoms with Gasteiger partial charge in [0.1, 0.15) is 17.3 Å². The molecule has 0 unspecified atom stereocenters.